The van der Waals surface area contributed by atoms with Gasteiger partial charge in [0.2, 0.25) is 17.7 Å². The van der Waals surface area contributed by atoms with Crippen molar-refractivity contribution < 1.29 is 29.4 Å². The van der Waals surface area contributed by atoms with E-state index in [2.05, 4.69) is 15.6 Å². The molecule has 0 heterocycles. The van der Waals surface area contributed by atoms with Crippen LogP contribution < -0.4 is 33.6 Å². The van der Waals surface area contributed by atoms with Crippen molar-refractivity contribution in [3.8, 4) is 0 Å². The van der Waals surface area contributed by atoms with Gasteiger partial charge in [-0.25, -0.2) is 4.79 Å². The van der Waals surface area contributed by atoms with Crippen molar-refractivity contribution in [2.75, 3.05) is 13.2 Å². The maximum absolute atomic E-state index is 12.4. The lowest BCUT2D eigenvalue weighted by Crippen LogP contribution is -2.55. The number of nitrogens with zero attached hydrogens (tertiary/aromatic N) is 1. The summed E-state index contributed by atoms with van der Waals surface area (Å²) in [5.74, 6) is -3.80. The van der Waals surface area contributed by atoms with Crippen LogP contribution in [0.15, 0.2) is 4.99 Å². The quantitative estimate of drug-likeness (QED) is 0.0859. The van der Waals surface area contributed by atoms with E-state index in [-0.39, 0.29) is 31.8 Å². The Hall–Kier alpha value is -2.93. The van der Waals surface area contributed by atoms with Gasteiger partial charge in [-0.05, 0) is 19.3 Å². The number of nitrogens with one attached hydrogen (secondary N) is 2. The average molecular weight is 389 g/mol. The van der Waals surface area contributed by atoms with Crippen LogP contribution in [-0.2, 0) is 19.2 Å². The predicted molar refractivity (Wildman–Crippen MR) is 94.9 cm³/mol. The van der Waals surface area contributed by atoms with Gasteiger partial charge in [0, 0.05) is 13.0 Å². The molecule has 3 atom stereocenters. The molecular weight excluding hydrogens is 362 g/mol. The first-order valence-electron chi connectivity index (χ1n) is 8.12. The Balaban J connectivity index is 5.04. The average Bonchev–Trinajstić information content (AvgIpc) is 2.59. The maximum atomic E-state index is 12.4. The molecule has 0 aromatic rings. The van der Waals surface area contributed by atoms with E-state index in [0.717, 1.165) is 0 Å². The highest BCUT2D eigenvalue weighted by molar-refractivity contribution is 5.91. The molecule has 0 spiro atoms. The number of aliphatic carboxylic acids is 1. The molecule has 27 heavy (non-hydrogen) atoms. The van der Waals surface area contributed by atoms with Crippen molar-refractivity contribution in [2.45, 2.75) is 43.8 Å². The topological polar surface area (TPSA) is 249 Å². The van der Waals surface area contributed by atoms with E-state index in [1.165, 1.54) is 0 Å². The molecule has 0 aliphatic heterocycles. The number of carboxylic acid groups (broad SMARTS) is 1. The molecule has 13 heteroatoms. The highest BCUT2D eigenvalue weighted by Gasteiger charge is 2.27. The highest BCUT2D eigenvalue weighted by Crippen LogP contribution is 2.03. The Morgan fingerprint density at radius 2 is 1.56 bits per heavy atom. The minimum Gasteiger partial charge on any atom is -0.480 e. The van der Waals surface area contributed by atoms with Crippen LogP contribution in [-0.4, -0.2) is 71.1 Å². The van der Waals surface area contributed by atoms with Gasteiger partial charge in [0.1, 0.15) is 18.1 Å². The number of carbonyl (C=O) groups is 4. The van der Waals surface area contributed by atoms with E-state index in [4.69, 9.17) is 33.1 Å². The molecule has 0 bridgehead atoms. The Bertz CT molecular complexity index is 564. The van der Waals surface area contributed by atoms with Gasteiger partial charge in [-0.2, -0.15) is 0 Å². The third-order valence-corrected chi connectivity index (χ3v) is 3.41. The lowest BCUT2D eigenvalue weighted by Gasteiger charge is -2.22. The number of carbonyl (C=O) groups excluding carboxylic acids is 3. The zero-order chi connectivity index (χ0) is 21.0. The number of rotatable bonds is 13. The van der Waals surface area contributed by atoms with Crippen molar-refractivity contribution in [2.24, 2.45) is 27.9 Å². The van der Waals surface area contributed by atoms with E-state index in [9.17, 15) is 19.2 Å². The fourth-order valence-electron chi connectivity index (χ4n) is 1.95. The van der Waals surface area contributed by atoms with Crippen LogP contribution in [0.3, 0.4) is 0 Å². The Kier molecular flexibility index (Phi) is 11.1. The summed E-state index contributed by atoms with van der Waals surface area (Å²) in [7, 11) is 0. The summed E-state index contributed by atoms with van der Waals surface area (Å²) in [6, 6.07) is -3.75. The number of guanidine groups is 1. The number of carboxylic acids is 1. The Morgan fingerprint density at radius 3 is 2.04 bits per heavy atom. The molecule has 0 radical (unpaired) electrons. The minimum absolute atomic E-state index is 0.0780. The van der Waals surface area contributed by atoms with E-state index >= 15 is 0 Å². The number of hydrogen-bond acceptors (Lipinski definition) is 7. The molecule has 13 nitrogen and oxygen atoms in total. The fourth-order valence-corrected chi connectivity index (χ4v) is 1.95. The van der Waals surface area contributed by atoms with Gasteiger partial charge in [-0.1, -0.05) is 0 Å². The van der Waals surface area contributed by atoms with Crippen LogP contribution in [0.2, 0.25) is 0 Å². The van der Waals surface area contributed by atoms with Gasteiger partial charge in [-0.3, -0.25) is 19.4 Å². The van der Waals surface area contributed by atoms with Crippen LogP contribution in [0.1, 0.15) is 25.7 Å². The normalized spacial score (nSPS) is 13.7. The zero-order valence-corrected chi connectivity index (χ0v) is 14.8. The van der Waals surface area contributed by atoms with Gasteiger partial charge in [0.05, 0.1) is 6.61 Å². The summed E-state index contributed by atoms with van der Waals surface area (Å²) in [6.45, 7) is -0.456. The molecule has 0 aromatic heterocycles. The van der Waals surface area contributed by atoms with E-state index < -0.39 is 48.4 Å². The SMILES string of the molecule is NC(=O)CC[C@H](NC(=O)[C@H](CCCN=C(N)N)NC(=O)[C@@H](N)CO)C(=O)O. The number of aliphatic imine (C=N–C) groups is 1. The monoisotopic (exact) mass is 389 g/mol. The van der Waals surface area contributed by atoms with Crippen LogP contribution in [0, 0.1) is 0 Å². The molecular formula is C14H27N7O6. The van der Waals surface area contributed by atoms with Gasteiger partial charge in [0.15, 0.2) is 5.96 Å². The summed E-state index contributed by atoms with van der Waals surface area (Å²) in [5.41, 5.74) is 20.8. The predicted octanol–water partition coefficient (Wildman–Crippen LogP) is -4.32. The minimum atomic E-state index is -1.37. The number of nitrogens with two attached hydrogens (primary N) is 4. The number of aliphatic hydroxyl groups excluding tert-OH is 1. The van der Waals surface area contributed by atoms with Gasteiger partial charge >= 0.3 is 5.97 Å². The number of amides is 3. The van der Waals surface area contributed by atoms with E-state index in [0.29, 0.717) is 6.42 Å². The first-order valence-corrected chi connectivity index (χ1v) is 8.12. The van der Waals surface area contributed by atoms with Crippen molar-refractivity contribution in [1.29, 1.82) is 0 Å². The first-order chi connectivity index (χ1) is 12.6. The van der Waals surface area contributed by atoms with E-state index in [1.54, 1.807) is 0 Å². The molecule has 0 rings (SSSR count). The molecule has 0 saturated carbocycles. The lowest BCUT2D eigenvalue weighted by atomic mass is 10.1. The third kappa shape index (κ3) is 10.6. The summed E-state index contributed by atoms with van der Waals surface area (Å²) in [6.07, 6.45) is -0.0757. The third-order valence-electron chi connectivity index (χ3n) is 3.41. The van der Waals surface area contributed by atoms with Gasteiger partial charge in [-0.15, -0.1) is 0 Å². The molecule has 3 amide bonds. The highest BCUT2D eigenvalue weighted by atomic mass is 16.4. The molecule has 0 aliphatic rings. The van der Waals surface area contributed by atoms with Crippen molar-refractivity contribution in [1.82, 2.24) is 10.6 Å². The molecule has 0 fully saturated rings. The smallest absolute Gasteiger partial charge is 0.326 e. The Labute approximate surface area is 155 Å². The van der Waals surface area contributed by atoms with Gasteiger partial charge < -0.3 is 43.8 Å². The molecule has 0 aromatic carbocycles. The number of aliphatic hydroxyl groups is 1. The number of hydrogen-bond donors (Lipinski definition) is 8. The second kappa shape index (κ2) is 12.4. The first kappa shape index (κ1) is 24.1. The lowest BCUT2D eigenvalue weighted by molar-refractivity contribution is -0.142. The number of primary amides is 1. The summed E-state index contributed by atoms with van der Waals surface area (Å²) in [4.78, 5) is 50.0. The molecule has 0 aliphatic carbocycles. The van der Waals surface area contributed by atoms with Crippen LogP contribution in [0.4, 0.5) is 0 Å². The van der Waals surface area contributed by atoms with Crippen LogP contribution in [0.5, 0.6) is 0 Å². The summed E-state index contributed by atoms with van der Waals surface area (Å²) in [5, 5.41) is 22.6. The zero-order valence-electron chi connectivity index (χ0n) is 14.8. The van der Waals surface area contributed by atoms with Crippen LogP contribution >= 0.6 is 0 Å². The van der Waals surface area contributed by atoms with Gasteiger partial charge in [0.25, 0.3) is 0 Å². The maximum Gasteiger partial charge on any atom is 0.326 e. The van der Waals surface area contributed by atoms with Crippen molar-refractivity contribution >= 4 is 29.7 Å². The van der Waals surface area contributed by atoms with Crippen LogP contribution in [0.25, 0.3) is 0 Å². The largest absolute Gasteiger partial charge is 0.480 e. The molecule has 12 N–H and O–H groups in total. The van der Waals surface area contributed by atoms with Crippen molar-refractivity contribution in [3.05, 3.63) is 0 Å². The fraction of sp³-hybridized carbons (Fsp3) is 0.643. The molecule has 154 valence electrons. The standard InChI is InChI=1S/C14H27N7O6/c15-7(6-22)11(24)20-8(2-1-5-19-14(17)18)12(25)21-9(13(26)27)3-4-10(16)23/h7-9,22H,1-6,15H2,(H2,16,23)(H,20,24)(H,21,25)(H,26,27)(H4,17,18,19)/t7-,8-,9-/m0/s1. The van der Waals surface area contributed by atoms with E-state index in [1.807, 2.05) is 0 Å². The second-order valence-electron chi connectivity index (χ2n) is 5.70. The Morgan fingerprint density at radius 1 is 0.963 bits per heavy atom. The van der Waals surface area contributed by atoms with Crippen molar-refractivity contribution in [3.63, 3.8) is 0 Å². The molecule has 0 saturated heterocycles. The summed E-state index contributed by atoms with van der Waals surface area (Å²) < 4.78 is 0. The molecule has 0 unspecified atom stereocenters. The summed E-state index contributed by atoms with van der Waals surface area (Å²) >= 11 is 0. The second-order valence-corrected chi connectivity index (χ2v) is 5.70.